The van der Waals surface area contributed by atoms with E-state index in [0.29, 0.717) is 12.5 Å². The van der Waals surface area contributed by atoms with Crippen LogP contribution in [-0.2, 0) is 20.0 Å². The van der Waals surface area contributed by atoms with Crippen LogP contribution in [0.25, 0.3) is 0 Å². The van der Waals surface area contributed by atoms with Crippen LogP contribution in [0.15, 0.2) is 0 Å². The lowest BCUT2D eigenvalue weighted by molar-refractivity contribution is 0.239. The Labute approximate surface area is 137 Å². The van der Waals surface area contributed by atoms with Gasteiger partial charge < -0.3 is 10.6 Å². The molecular formula is C15H26ClN5O. The lowest BCUT2D eigenvalue weighted by Gasteiger charge is -2.16. The number of aryl methyl sites for hydroxylation is 2. The molecule has 0 bridgehead atoms. The number of hydrogen-bond donors (Lipinski definition) is 2. The maximum atomic E-state index is 11.4. The van der Waals surface area contributed by atoms with Crippen molar-refractivity contribution in [2.75, 3.05) is 26.2 Å². The Balaban J connectivity index is 1.85. The topological polar surface area (TPSA) is 62.2 Å². The SMILES string of the molecule is CCNC(=O)NCC1CCN(Cc2c(CC)nn(C)c2Cl)C1. The van der Waals surface area contributed by atoms with Gasteiger partial charge in [0, 0.05) is 38.8 Å². The van der Waals surface area contributed by atoms with E-state index >= 15 is 0 Å². The molecule has 7 heteroatoms. The second kappa shape index (κ2) is 7.83. The van der Waals surface area contributed by atoms with Crippen molar-refractivity contribution < 1.29 is 4.79 Å². The second-order valence-corrected chi connectivity index (χ2v) is 6.18. The van der Waals surface area contributed by atoms with Gasteiger partial charge in [0.15, 0.2) is 0 Å². The molecule has 1 saturated heterocycles. The molecule has 1 aliphatic heterocycles. The summed E-state index contributed by atoms with van der Waals surface area (Å²) in [6, 6.07) is -0.0791. The molecule has 2 N–H and O–H groups in total. The fourth-order valence-electron chi connectivity index (χ4n) is 2.95. The fraction of sp³-hybridized carbons (Fsp3) is 0.733. The van der Waals surface area contributed by atoms with Crippen LogP contribution in [0.1, 0.15) is 31.5 Å². The minimum Gasteiger partial charge on any atom is -0.338 e. The molecule has 1 aromatic rings. The van der Waals surface area contributed by atoms with Gasteiger partial charge in [-0.3, -0.25) is 9.58 Å². The number of halogens is 1. The maximum absolute atomic E-state index is 11.4. The first kappa shape index (κ1) is 17.1. The summed E-state index contributed by atoms with van der Waals surface area (Å²) < 4.78 is 1.75. The van der Waals surface area contributed by atoms with Crippen LogP contribution in [0.4, 0.5) is 4.79 Å². The van der Waals surface area contributed by atoms with Gasteiger partial charge in [0.05, 0.1) is 5.69 Å². The van der Waals surface area contributed by atoms with E-state index in [1.807, 2.05) is 14.0 Å². The van der Waals surface area contributed by atoms with Gasteiger partial charge in [-0.05, 0) is 32.2 Å². The molecule has 6 nitrogen and oxygen atoms in total. The minimum atomic E-state index is -0.0791. The van der Waals surface area contributed by atoms with Crippen molar-refractivity contribution in [2.24, 2.45) is 13.0 Å². The molecular weight excluding hydrogens is 302 g/mol. The van der Waals surface area contributed by atoms with Gasteiger partial charge in [0.25, 0.3) is 0 Å². The Bertz CT molecular complexity index is 516. The molecule has 0 spiro atoms. The van der Waals surface area contributed by atoms with Gasteiger partial charge in [0.2, 0.25) is 0 Å². The molecule has 2 rings (SSSR count). The third kappa shape index (κ3) is 4.14. The first-order chi connectivity index (χ1) is 10.5. The molecule has 0 saturated carbocycles. The van der Waals surface area contributed by atoms with E-state index < -0.39 is 0 Å². The van der Waals surface area contributed by atoms with Crippen LogP contribution in [-0.4, -0.2) is 46.9 Å². The normalized spacial score (nSPS) is 18.6. The molecule has 1 aliphatic rings. The van der Waals surface area contributed by atoms with E-state index in [2.05, 4.69) is 27.6 Å². The summed E-state index contributed by atoms with van der Waals surface area (Å²) in [4.78, 5) is 13.8. The van der Waals surface area contributed by atoms with Gasteiger partial charge in [-0.2, -0.15) is 5.10 Å². The Morgan fingerprint density at radius 1 is 1.41 bits per heavy atom. The summed E-state index contributed by atoms with van der Waals surface area (Å²) in [5.74, 6) is 0.503. The number of hydrogen-bond acceptors (Lipinski definition) is 3. The van der Waals surface area contributed by atoms with Crippen LogP contribution >= 0.6 is 11.6 Å². The highest BCUT2D eigenvalue weighted by molar-refractivity contribution is 6.30. The predicted octanol–water partition coefficient (Wildman–Crippen LogP) is 1.78. The summed E-state index contributed by atoms with van der Waals surface area (Å²) in [7, 11) is 1.88. The molecule has 1 unspecified atom stereocenters. The molecule has 2 heterocycles. The van der Waals surface area contributed by atoms with Crippen molar-refractivity contribution in [1.82, 2.24) is 25.3 Å². The molecule has 1 aromatic heterocycles. The Kier molecular flexibility index (Phi) is 6.08. The number of nitrogens with one attached hydrogen (secondary N) is 2. The van der Waals surface area contributed by atoms with E-state index in [9.17, 15) is 4.79 Å². The van der Waals surface area contributed by atoms with Crippen molar-refractivity contribution in [3.05, 3.63) is 16.4 Å². The third-order valence-corrected chi connectivity index (χ3v) is 4.60. The zero-order valence-electron chi connectivity index (χ0n) is 13.7. The van der Waals surface area contributed by atoms with Crippen LogP contribution in [0.5, 0.6) is 0 Å². The summed E-state index contributed by atoms with van der Waals surface area (Å²) in [5, 5.41) is 10.9. The zero-order valence-corrected chi connectivity index (χ0v) is 14.4. The Hall–Kier alpha value is -1.27. The monoisotopic (exact) mass is 327 g/mol. The number of urea groups is 1. The highest BCUT2D eigenvalue weighted by Gasteiger charge is 2.25. The van der Waals surface area contributed by atoms with Gasteiger partial charge in [-0.25, -0.2) is 4.79 Å². The average Bonchev–Trinajstić information content (AvgIpc) is 3.05. The first-order valence-corrected chi connectivity index (χ1v) is 8.37. The van der Waals surface area contributed by atoms with E-state index in [1.54, 1.807) is 4.68 Å². The van der Waals surface area contributed by atoms with Crippen LogP contribution in [0, 0.1) is 5.92 Å². The molecule has 1 atom stereocenters. The molecule has 0 radical (unpaired) electrons. The molecule has 0 aliphatic carbocycles. The van der Waals surface area contributed by atoms with Crippen LogP contribution < -0.4 is 10.6 Å². The number of amides is 2. The summed E-state index contributed by atoms with van der Waals surface area (Å²) in [6.07, 6.45) is 2.00. The van der Waals surface area contributed by atoms with Crippen molar-refractivity contribution >= 4 is 17.6 Å². The van der Waals surface area contributed by atoms with Crippen LogP contribution in [0.3, 0.4) is 0 Å². The second-order valence-electron chi connectivity index (χ2n) is 5.82. The summed E-state index contributed by atoms with van der Waals surface area (Å²) in [5.41, 5.74) is 2.22. The standard InChI is InChI=1S/C15H26ClN5O/c1-4-13-12(14(16)20(3)19-13)10-21-7-6-11(9-21)8-18-15(22)17-5-2/h11H,4-10H2,1-3H3,(H2,17,18,22). The van der Waals surface area contributed by atoms with Crippen molar-refractivity contribution in [1.29, 1.82) is 0 Å². The van der Waals surface area contributed by atoms with Crippen molar-refractivity contribution in [3.8, 4) is 0 Å². The molecule has 22 heavy (non-hydrogen) atoms. The predicted molar refractivity (Wildman–Crippen MR) is 88.1 cm³/mol. The van der Waals surface area contributed by atoms with Gasteiger partial charge in [-0.15, -0.1) is 0 Å². The highest BCUT2D eigenvalue weighted by atomic mass is 35.5. The van der Waals surface area contributed by atoms with Crippen LogP contribution in [0.2, 0.25) is 5.15 Å². The smallest absolute Gasteiger partial charge is 0.314 e. The average molecular weight is 328 g/mol. The lowest BCUT2D eigenvalue weighted by Crippen LogP contribution is -2.38. The fourth-order valence-corrected chi connectivity index (χ4v) is 3.15. The number of aromatic nitrogens is 2. The van der Waals surface area contributed by atoms with E-state index in [-0.39, 0.29) is 6.03 Å². The van der Waals surface area contributed by atoms with Gasteiger partial charge in [-0.1, -0.05) is 18.5 Å². The zero-order chi connectivity index (χ0) is 16.1. The molecule has 1 fully saturated rings. The van der Waals surface area contributed by atoms with Crippen molar-refractivity contribution in [3.63, 3.8) is 0 Å². The Morgan fingerprint density at radius 2 is 2.18 bits per heavy atom. The van der Waals surface area contributed by atoms with E-state index in [4.69, 9.17) is 11.6 Å². The quantitative estimate of drug-likeness (QED) is 0.837. The first-order valence-electron chi connectivity index (χ1n) is 7.99. The molecule has 0 aromatic carbocycles. The number of carbonyl (C=O) groups excluding carboxylic acids is 1. The van der Waals surface area contributed by atoms with E-state index in [0.717, 1.165) is 55.4 Å². The molecule has 124 valence electrons. The summed E-state index contributed by atoms with van der Waals surface area (Å²) >= 11 is 6.35. The number of carbonyl (C=O) groups is 1. The Morgan fingerprint density at radius 3 is 2.86 bits per heavy atom. The number of nitrogens with zero attached hydrogens (tertiary/aromatic N) is 3. The molecule has 2 amide bonds. The van der Waals surface area contributed by atoms with E-state index in [1.165, 1.54) is 0 Å². The number of likely N-dealkylation sites (tertiary alicyclic amines) is 1. The maximum Gasteiger partial charge on any atom is 0.314 e. The number of rotatable bonds is 6. The summed E-state index contributed by atoms with van der Waals surface area (Å²) in [6.45, 7) is 8.26. The van der Waals surface area contributed by atoms with Crippen molar-refractivity contribution in [2.45, 2.75) is 33.2 Å². The van der Waals surface area contributed by atoms with Gasteiger partial charge >= 0.3 is 6.03 Å². The highest BCUT2D eigenvalue weighted by Crippen LogP contribution is 2.25. The lowest BCUT2D eigenvalue weighted by atomic mass is 10.1. The third-order valence-electron chi connectivity index (χ3n) is 4.13. The minimum absolute atomic E-state index is 0.0791. The largest absolute Gasteiger partial charge is 0.338 e. The van der Waals surface area contributed by atoms with Gasteiger partial charge in [0.1, 0.15) is 5.15 Å².